The highest BCUT2D eigenvalue weighted by molar-refractivity contribution is 7.89. The van der Waals surface area contributed by atoms with Crippen LogP contribution in [0.5, 0.6) is 0 Å². The van der Waals surface area contributed by atoms with Gasteiger partial charge in [0, 0.05) is 50.2 Å². The summed E-state index contributed by atoms with van der Waals surface area (Å²) in [7, 11) is -1.57. The summed E-state index contributed by atoms with van der Waals surface area (Å²) in [5, 5.41) is 7.95. The van der Waals surface area contributed by atoms with Gasteiger partial charge in [0.25, 0.3) is 0 Å². The number of rotatable bonds is 6. The zero-order valence-electron chi connectivity index (χ0n) is 19.3. The number of piperidine rings is 1. The van der Waals surface area contributed by atoms with Gasteiger partial charge >= 0.3 is 0 Å². The molecule has 5 rings (SSSR count). The number of fused-ring (bicyclic) bond motifs is 1. The van der Waals surface area contributed by atoms with Crippen molar-refractivity contribution < 1.29 is 8.42 Å². The Labute approximate surface area is 200 Å². The molecule has 0 radical (unpaired) electrons. The normalized spacial score (nSPS) is 17.1. The average Bonchev–Trinajstić information content (AvgIpc) is 3.24. The summed E-state index contributed by atoms with van der Waals surface area (Å²) in [6, 6.07) is 13.0. The van der Waals surface area contributed by atoms with E-state index >= 15 is 0 Å². The van der Waals surface area contributed by atoms with E-state index in [0.29, 0.717) is 24.5 Å². The van der Waals surface area contributed by atoms with Gasteiger partial charge in [0.2, 0.25) is 10.0 Å². The van der Waals surface area contributed by atoms with E-state index in [1.54, 1.807) is 33.3 Å². The van der Waals surface area contributed by atoms with E-state index in [2.05, 4.69) is 15.4 Å². The van der Waals surface area contributed by atoms with Crippen LogP contribution in [0.1, 0.15) is 35.6 Å². The molecule has 1 saturated heterocycles. The van der Waals surface area contributed by atoms with Gasteiger partial charge in [0.1, 0.15) is 13.7 Å². The van der Waals surface area contributed by atoms with Gasteiger partial charge in [-0.3, -0.25) is 4.98 Å². The molecule has 0 bridgehead atoms. The number of anilines is 1. The van der Waals surface area contributed by atoms with Crippen LogP contribution in [-0.2, 0) is 16.6 Å². The Hall–Kier alpha value is -3.24. The Balaban J connectivity index is 1.44. The van der Waals surface area contributed by atoms with Crippen molar-refractivity contribution in [3.05, 3.63) is 77.9 Å². The third kappa shape index (κ3) is 4.43. The zero-order valence-corrected chi connectivity index (χ0v) is 20.2. The predicted octanol–water partition coefficient (Wildman–Crippen LogP) is 1.87. The van der Waals surface area contributed by atoms with Gasteiger partial charge in [-0.1, -0.05) is 23.8 Å². The molecule has 10 heteroatoms. The maximum Gasteiger partial charge on any atom is 0.243 e. The van der Waals surface area contributed by atoms with Crippen LogP contribution < -0.4 is 10.8 Å². The van der Waals surface area contributed by atoms with E-state index in [1.165, 1.54) is 0 Å². The minimum absolute atomic E-state index is 0.00668. The summed E-state index contributed by atoms with van der Waals surface area (Å²) >= 11 is 0. The van der Waals surface area contributed by atoms with Crippen LogP contribution in [0.4, 0.5) is 5.82 Å². The maximum absolute atomic E-state index is 13.3. The topological polar surface area (TPSA) is 92.5 Å². The first-order valence-electron chi connectivity index (χ1n) is 11.5. The number of aryl methyl sites for hydroxylation is 1. The molecular weight excluding hydrogens is 447 g/mol. The van der Waals surface area contributed by atoms with Crippen LogP contribution in [0.3, 0.4) is 0 Å². The smallest absolute Gasteiger partial charge is 0.243 e. The van der Waals surface area contributed by atoms with Gasteiger partial charge in [-0.2, -0.15) is 13.9 Å². The van der Waals surface area contributed by atoms with Gasteiger partial charge in [-0.05, 0) is 49.0 Å². The summed E-state index contributed by atoms with van der Waals surface area (Å²) in [4.78, 5) is 9.42. The Morgan fingerprint density at radius 2 is 2.00 bits per heavy atom. The van der Waals surface area contributed by atoms with Crippen molar-refractivity contribution in [2.24, 2.45) is 0 Å². The second kappa shape index (κ2) is 9.19. The van der Waals surface area contributed by atoms with Gasteiger partial charge in [0.05, 0.1) is 10.6 Å². The first-order valence-corrected chi connectivity index (χ1v) is 12.9. The number of aromatic nitrogens is 4. The van der Waals surface area contributed by atoms with Crippen LogP contribution in [-0.4, -0.2) is 53.2 Å². The molecule has 1 N–H and O–H groups in total. The van der Waals surface area contributed by atoms with E-state index in [4.69, 9.17) is 4.98 Å². The molecule has 1 aliphatic heterocycles. The zero-order chi connectivity index (χ0) is 23.7. The second-order valence-electron chi connectivity index (χ2n) is 8.86. The predicted molar refractivity (Wildman–Crippen MR) is 135 cm³/mol. The summed E-state index contributed by atoms with van der Waals surface area (Å²) in [5.74, 6) is 0.836. The highest BCUT2D eigenvalue weighted by Crippen LogP contribution is 2.31. The fourth-order valence-corrected chi connectivity index (χ4v) is 5.91. The van der Waals surface area contributed by atoms with Crippen LogP contribution >= 0.6 is 0 Å². The molecule has 174 valence electrons. The number of hydrogen-bond donors (Lipinski definition) is 1. The van der Waals surface area contributed by atoms with Crippen molar-refractivity contribution in [1.82, 2.24) is 23.9 Å². The largest absolute Gasteiger partial charge is 0.366 e. The fraction of sp³-hybridized carbons (Fsp3) is 0.292. The third-order valence-corrected chi connectivity index (χ3v) is 8.20. The summed E-state index contributed by atoms with van der Waals surface area (Å²) in [6.07, 6.45) is 7.06. The minimum atomic E-state index is -3.55. The molecule has 0 spiro atoms. The molecule has 34 heavy (non-hydrogen) atoms. The lowest BCUT2D eigenvalue weighted by atomic mass is 9.95. The van der Waals surface area contributed by atoms with Gasteiger partial charge < -0.3 is 5.32 Å². The summed E-state index contributed by atoms with van der Waals surface area (Å²) in [6.45, 7) is 3.48. The molecule has 0 aliphatic carbocycles. The number of sulfonamides is 1. The molecule has 1 aromatic carbocycles. The molecule has 8 nitrogen and oxygen atoms in total. The fourth-order valence-electron chi connectivity index (χ4n) is 4.38. The Morgan fingerprint density at radius 1 is 1.18 bits per heavy atom. The highest BCUT2D eigenvalue weighted by Gasteiger charge is 2.32. The molecule has 0 saturated carbocycles. The van der Waals surface area contributed by atoms with E-state index in [1.807, 2.05) is 51.3 Å². The van der Waals surface area contributed by atoms with Crippen molar-refractivity contribution in [3.63, 3.8) is 0 Å². The maximum atomic E-state index is 13.3. The lowest BCUT2D eigenvalue weighted by molar-refractivity contribution is 0.313. The molecule has 1 fully saturated rings. The van der Waals surface area contributed by atoms with Gasteiger partial charge in [-0.15, -0.1) is 0 Å². The van der Waals surface area contributed by atoms with E-state index in [9.17, 15) is 8.42 Å². The number of pyridine rings is 1. The van der Waals surface area contributed by atoms with E-state index in [-0.39, 0.29) is 5.92 Å². The SMILES string of the molecule is Bc1cnn2c(NCc3cccnc3)cc(C3CCCN(S(=O)(=O)c4ccc(C)cc4)C3)nc12. The molecule has 4 aromatic rings. The number of hydrogen-bond acceptors (Lipinski definition) is 6. The molecule has 1 unspecified atom stereocenters. The number of nitrogens with zero attached hydrogens (tertiary/aromatic N) is 5. The number of nitrogens with one attached hydrogen (secondary N) is 1. The van der Waals surface area contributed by atoms with Crippen LogP contribution in [0, 0.1) is 6.92 Å². The van der Waals surface area contributed by atoms with Crippen molar-refractivity contribution >= 4 is 34.8 Å². The van der Waals surface area contributed by atoms with Crippen molar-refractivity contribution in [3.8, 4) is 0 Å². The van der Waals surface area contributed by atoms with E-state index in [0.717, 1.165) is 46.6 Å². The lowest BCUT2D eigenvalue weighted by Crippen LogP contribution is -2.39. The quantitative estimate of drug-likeness (QED) is 0.429. The van der Waals surface area contributed by atoms with Crippen LogP contribution in [0.25, 0.3) is 5.65 Å². The Morgan fingerprint density at radius 3 is 2.76 bits per heavy atom. The molecule has 3 aromatic heterocycles. The Bertz CT molecular complexity index is 1410. The molecule has 1 aliphatic rings. The van der Waals surface area contributed by atoms with Crippen molar-refractivity contribution in [2.75, 3.05) is 18.4 Å². The van der Waals surface area contributed by atoms with Crippen molar-refractivity contribution in [2.45, 2.75) is 37.1 Å². The summed E-state index contributed by atoms with van der Waals surface area (Å²) < 4.78 is 30.0. The van der Waals surface area contributed by atoms with E-state index < -0.39 is 10.0 Å². The second-order valence-corrected chi connectivity index (χ2v) is 10.8. The molecule has 4 heterocycles. The lowest BCUT2D eigenvalue weighted by Gasteiger charge is -2.32. The first-order chi connectivity index (χ1) is 16.4. The van der Waals surface area contributed by atoms with Crippen LogP contribution in [0.2, 0.25) is 0 Å². The Kier molecular flexibility index (Phi) is 6.10. The first kappa shape index (κ1) is 22.6. The minimum Gasteiger partial charge on any atom is -0.366 e. The standard InChI is InChI=1S/C24H27BN6O2S/c1-17-6-8-20(9-7-17)34(32,33)30-11-3-5-19(16-30)22-12-23(27-14-18-4-2-10-26-13-18)31-24(29-22)21(25)15-28-31/h2,4,6-10,12-13,15,19,27H,3,5,11,14,16,25H2,1H3. The monoisotopic (exact) mass is 474 g/mol. The molecule has 1 atom stereocenters. The van der Waals surface area contributed by atoms with Gasteiger partial charge in [-0.25, -0.2) is 13.4 Å². The van der Waals surface area contributed by atoms with Gasteiger partial charge in [0.15, 0.2) is 5.65 Å². The highest BCUT2D eigenvalue weighted by atomic mass is 32.2. The van der Waals surface area contributed by atoms with Crippen molar-refractivity contribution in [1.29, 1.82) is 0 Å². The number of benzene rings is 1. The molecular formula is C24H27BN6O2S. The van der Waals surface area contributed by atoms with Crippen LogP contribution in [0.15, 0.2) is 66.0 Å². The summed E-state index contributed by atoms with van der Waals surface area (Å²) in [5.41, 5.74) is 4.74. The molecule has 0 amide bonds. The average molecular weight is 474 g/mol. The third-order valence-electron chi connectivity index (χ3n) is 6.33.